The highest BCUT2D eigenvalue weighted by atomic mass is 35.5. The molecule has 2 nitrogen and oxygen atoms in total. The van der Waals surface area contributed by atoms with Crippen molar-refractivity contribution in [1.29, 1.82) is 0 Å². The molecular weight excluding hydrogens is 270 g/mol. The van der Waals surface area contributed by atoms with Crippen LogP contribution in [0.15, 0.2) is 0 Å². The third kappa shape index (κ3) is 4.65. The van der Waals surface area contributed by atoms with E-state index in [0.717, 1.165) is 49.9 Å². The van der Waals surface area contributed by atoms with Gasteiger partial charge in [0.25, 0.3) is 0 Å². The summed E-state index contributed by atoms with van der Waals surface area (Å²) in [6, 6.07) is 0. The molecule has 3 heteroatoms. The Kier molecular flexibility index (Phi) is 6.67. The Balaban J connectivity index is 1.65. The standard InChI is InChI=1S/C17H30ClNO/c1-13(12-18)5-4-10-19-17(20)16-9-8-14-6-2-3-7-15(14)11-16/h13-16H,2-12H2,1H3,(H,19,20). The molecule has 0 heterocycles. The van der Waals surface area contributed by atoms with Crippen molar-refractivity contribution in [3.8, 4) is 0 Å². The Hall–Kier alpha value is -0.240. The summed E-state index contributed by atoms with van der Waals surface area (Å²) in [5.74, 6) is 3.65. The van der Waals surface area contributed by atoms with E-state index in [4.69, 9.17) is 11.6 Å². The van der Waals surface area contributed by atoms with Gasteiger partial charge in [0.05, 0.1) is 0 Å². The van der Waals surface area contributed by atoms with E-state index in [1.165, 1.54) is 32.1 Å². The normalized spacial score (nSPS) is 31.4. The molecule has 0 aromatic rings. The predicted molar refractivity (Wildman–Crippen MR) is 84.9 cm³/mol. The first-order valence-corrected chi connectivity index (χ1v) is 9.07. The quantitative estimate of drug-likeness (QED) is 0.573. The van der Waals surface area contributed by atoms with Crippen molar-refractivity contribution in [2.75, 3.05) is 12.4 Å². The van der Waals surface area contributed by atoms with E-state index in [2.05, 4.69) is 12.2 Å². The Morgan fingerprint density at radius 3 is 2.70 bits per heavy atom. The minimum Gasteiger partial charge on any atom is -0.356 e. The zero-order chi connectivity index (χ0) is 14.4. The van der Waals surface area contributed by atoms with Gasteiger partial charge >= 0.3 is 0 Å². The van der Waals surface area contributed by atoms with Crippen molar-refractivity contribution in [3.63, 3.8) is 0 Å². The average molecular weight is 300 g/mol. The maximum absolute atomic E-state index is 12.2. The lowest BCUT2D eigenvalue weighted by molar-refractivity contribution is -0.127. The summed E-state index contributed by atoms with van der Waals surface area (Å²) in [7, 11) is 0. The van der Waals surface area contributed by atoms with Gasteiger partial charge in [-0.3, -0.25) is 4.79 Å². The summed E-state index contributed by atoms with van der Waals surface area (Å²) >= 11 is 5.79. The number of fused-ring (bicyclic) bond motifs is 1. The second-order valence-electron chi connectivity index (χ2n) is 7.01. The smallest absolute Gasteiger partial charge is 0.223 e. The van der Waals surface area contributed by atoms with Gasteiger partial charge in [0.1, 0.15) is 0 Å². The lowest BCUT2D eigenvalue weighted by Gasteiger charge is -2.38. The van der Waals surface area contributed by atoms with Crippen LogP contribution in [0.1, 0.15) is 64.7 Å². The SMILES string of the molecule is CC(CCl)CCCNC(=O)C1CCC2CCCCC2C1. The molecule has 0 spiro atoms. The Labute approximate surface area is 129 Å². The minimum atomic E-state index is 0.291. The molecule has 1 N–H and O–H groups in total. The summed E-state index contributed by atoms with van der Waals surface area (Å²) in [6.45, 7) is 2.99. The molecule has 2 rings (SSSR count). The zero-order valence-corrected chi connectivity index (χ0v) is 13.6. The third-order valence-corrected chi connectivity index (χ3v) is 5.87. The van der Waals surface area contributed by atoms with E-state index in [-0.39, 0.29) is 0 Å². The Morgan fingerprint density at radius 1 is 1.20 bits per heavy atom. The monoisotopic (exact) mass is 299 g/mol. The number of hydrogen-bond acceptors (Lipinski definition) is 1. The summed E-state index contributed by atoms with van der Waals surface area (Å²) in [6.07, 6.45) is 11.3. The summed E-state index contributed by atoms with van der Waals surface area (Å²) in [5, 5.41) is 3.15. The maximum atomic E-state index is 12.2. The van der Waals surface area contributed by atoms with Crippen molar-refractivity contribution in [3.05, 3.63) is 0 Å². The molecule has 20 heavy (non-hydrogen) atoms. The van der Waals surface area contributed by atoms with Crippen molar-refractivity contribution in [2.24, 2.45) is 23.7 Å². The fourth-order valence-corrected chi connectivity index (χ4v) is 4.15. The second-order valence-corrected chi connectivity index (χ2v) is 7.32. The number of alkyl halides is 1. The number of hydrogen-bond donors (Lipinski definition) is 1. The van der Waals surface area contributed by atoms with Crippen LogP contribution in [0.4, 0.5) is 0 Å². The summed E-state index contributed by atoms with van der Waals surface area (Å²) in [5.41, 5.74) is 0. The minimum absolute atomic E-state index is 0.291. The Bertz CT molecular complexity index is 307. The molecule has 2 aliphatic carbocycles. The van der Waals surface area contributed by atoms with Crippen LogP contribution in [0.3, 0.4) is 0 Å². The third-order valence-electron chi connectivity index (χ3n) is 5.35. The van der Waals surface area contributed by atoms with Crippen LogP contribution >= 0.6 is 11.6 Å². The van der Waals surface area contributed by atoms with Crippen molar-refractivity contribution in [2.45, 2.75) is 64.7 Å². The van der Waals surface area contributed by atoms with Gasteiger partial charge in [0.2, 0.25) is 5.91 Å². The fourth-order valence-electron chi connectivity index (χ4n) is 4.00. The number of carbonyl (C=O) groups excluding carboxylic acids is 1. The molecule has 0 aromatic heterocycles. The summed E-state index contributed by atoms with van der Waals surface area (Å²) < 4.78 is 0. The Morgan fingerprint density at radius 2 is 1.95 bits per heavy atom. The number of halogens is 1. The lowest BCUT2D eigenvalue weighted by atomic mass is 9.67. The number of carbonyl (C=O) groups is 1. The first kappa shape index (κ1) is 16.1. The molecule has 1 amide bonds. The van der Waals surface area contributed by atoms with Crippen molar-refractivity contribution in [1.82, 2.24) is 5.32 Å². The highest BCUT2D eigenvalue weighted by Gasteiger charge is 2.34. The van der Waals surface area contributed by atoms with Gasteiger partial charge in [-0.15, -0.1) is 11.6 Å². The van der Waals surface area contributed by atoms with E-state index in [9.17, 15) is 4.79 Å². The molecule has 4 unspecified atom stereocenters. The van der Waals surface area contributed by atoms with Gasteiger partial charge in [-0.05, 0) is 49.9 Å². The van der Waals surface area contributed by atoms with Gasteiger partial charge in [0, 0.05) is 18.3 Å². The molecule has 2 fully saturated rings. The number of nitrogens with one attached hydrogen (secondary N) is 1. The van der Waals surface area contributed by atoms with Crippen LogP contribution < -0.4 is 5.32 Å². The first-order chi connectivity index (χ1) is 9.70. The van der Waals surface area contributed by atoms with Crippen molar-refractivity contribution >= 4 is 17.5 Å². The van der Waals surface area contributed by atoms with Crippen LogP contribution in [0, 0.1) is 23.7 Å². The number of rotatable bonds is 6. The van der Waals surface area contributed by atoms with E-state index < -0.39 is 0 Å². The van der Waals surface area contributed by atoms with Gasteiger partial charge in [-0.2, -0.15) is 0 Å². The van der Waals surface area contributed by atoms with Gasteiger partial charge < -0.3 is 5.32 Å². The average Bonchev–Trinajstić information content (AvgIpc) is 2.50. The number of amides is 1. The van der Waals surface area contributed by atoms with Crippen molar-refractivity contribution < 1.29 is 4.79 Å². The molecule has 0 aliphatic heterocycles. The van der Waals surface area contributed by atoms with Crippen LogP contribution in [-0.2, 0) is 4.79 Å². The first-order valence-electron chi connectivity index (χ1n) is 8.54. The van der Waals surface area contributed by atoms with Gasteiger partial charge in [-0.25, -0.2) is 0 Å². The molecule has 2 saturated carbocycles. The second kappa shape index (κ2) is 8.26. The molecule has 0 bridgehead atoms. The fraction of sp³-hybridized carbons (Fsp3) is 0.941. The summed E-state index contributed by atoms with van der Waals surface area (Å²) in [4.78, 5) is 12.2. The molecule has 116 valence electrons. The van der Waals surface area contributed by atoms with Gasteiger partial charge in [0.15, 0.2) is 0 Å². The van der Waals surface area contributed by atoms with Crippen LogP contribution in [0.25, 0.3) is 0 Å². The van der Waals surface area contributed by atoms with E-state index in [1.54, 1.807) is 0 Å². The van der Waals surface area contributed by atoms with E-state index in [0.29, 0.717) is 17.7 Å². The highest BCUT2D eigenvalue weighted by Crippen LogP contribution is 2.42. The molecule has 0 radical (unpaired) electrons. The highest BCUT2D eigenvalue weighted by molar-refractivity contribution is 6.18. The van der Waals surface area contributed by atoms with E-state index in [1.807, 2.05) is 0 Å². The van der Waals surface area contributed by atoms with E-state index >= 15 is 0 Å². The maximum Gasteiger partial charge on any atom is 0.223 e. The van der Waals surface area contributed by atoms with Crippen LogP contribution in [0.5, 0.6) is 0 Å². The predicted octanol–water partition coefficient (Wildman–Crippen LogP) is 4.36. The largest absolute Gasteiger partial charge is 0.356 e. The molecule has 0 aromatic carbocycles. The molecular formula is C17H30ClNO. The molecule has 0 saturated heterocycles. The van der Waals surface area contributed by atoms with Gasteiger partial charge in [-0.1, -0.05) is 32.6 Å². The lowest BCUT2D eigenvalue weighted by Crippen LogP contribution is -2.37. The zero-order valence-electron chi connectivity index (χ0n) is 12.9. The van der Waals surface area contributed by atoms with Crippen LogP contribution in [0.2, 0.25) is 0 Å². The topological polar surface area (TPSA) is 29.1 Å². The molecule has 2 aliphatic rings. The van der Waals surface area contributed by atoms with Crippen LogP contribution in [-0.4, -0.2) is 18.3 Å². The molecule has 4 atom stereocenters.